The third-order valence-electron chi connectivity index (χ3n) is 2.20. The molecule has 2 aromatic heterocycles. The van der Waals surface area contributed by atoms with Gasteiger partial charge in [0.15, 0.2) is 5.69 Å². The van der Waals surface area contributed by atoms with Gasteiger partial charge in [0, 0.05) is 11.8 Å². The molecule has 0 unspecified atom stereocenters. The van der Waals surface area contributed by atoms with Crippen LogP contribution in [0.1, 0.15) is 20.8 Å². The highest BCUT2D eigenvalue weighted by Crippen LogP contribution is 2.10. The lowest BCUT2D eigenvalue weighted by Gasteiger charge is -2.05. The minimum atomic E-state index is -1.16. The summed E-state index contributed by atoms with van der Waals surface area (Å²) < 4.78 is 0. The zero-order valence-corrected chi connectivity index (χ0v) is 10.3. The highest BCUT2D eigenvalue weighted by atomic mass is 35.5. The number of rotatable bonds is 3. The van der Waals surface area contributed by atoms with E-state index in [1.54, 1.807) is 0 Å². The molecule has 7 heteroatoms. The van der Waals surface area contributed by atoms with Crippen molar-refractivity contribution in [3.63, 3.8) is 0 Å². The molecule has 2 heterocycles. The van der Waals surface area contributed by atoms with E-state index in [2.05, 4.69) is 15.3 Å². The molecule has 2 aromatic rings. The van der Waals surface area contributed by atoms with Crippen molar-refractivity contribution >= 4 is 29.3 Å². The van der Waals surface area contributed by atoms with Crippen LogP contribution in [0.3, 0.4) is 0 Å². The number of aromatic carboxylic acids is 1. The second-order valence-corrected chi connectivity index (χ2v) is 3.92. The average molecular weight is 278 g/mol. The fourth-order valence-electron chi connectivity index (χ4n) is 1.36. The molecule has 1 amide bonds. The van der Waals surface area contributed by atoms with E-state index < -0.39 is 11.9 Å². The third-order valence-corrected chi connectivity index (χ3v) is 2.41. The zero-order valence-electron chi connectivity index (χ0n) is 9.50. The van der Waals surface area contributed by atoms with Gasteiger partial charge in [-0.15, -0.1) is 0 Å². The van der Waals surface area contributed by atoms with E-state index in [9.17, 15) is 9.59 Å². The second-order valence-electron chi connectivity index (χ2n) is 3.53. The number of aromatic nitrogens is 2. The Morgan fingerprint density at radius 1 is 1.26 bits per heavy atom. The van der Waals surface area contributed by atoms with Crippen LogP contribution >= 0.6 is 11.6 Å². The van der Waals surface area contributed by atoms with Crippen molar-refractivity contribution in [2.24, 2.45) is 0 Å². The molecule has 2 N–H and O–H groups in total. The molecule has 0 atom stereocenters. The van der Waals surface area contributed by atoms with E-state index >= 15 is 0 Å². The summed E-state index contributed by atoms with van der Waals surface area (Å²) in [6.45, 7) is 0. The minimum absolute atomic E-state index is 0.148. The van der Waals surface area contributed by atoms with E-state index in [1.165, 1.54) is 36.5 Å². The first-order chi connectivity index (χ1) is 9.06. The fraction of sp³-hybridized carbons (Fsp3) is 0. The van der Waals surface area contributed by atoms with E-state index in [0.29, 0.717) is 5.56 Å². The molecule has 0 radical (unpaired) electrons. The second kappa shape index (κ2) is 5.45. The Labute approximate surface area is 113 Å². The number of carbonyl (C=O) groups excluding carboxylic acids is 1. The van der Waals surface area contributed by atoms with Crippen molar-refractivity contribution in [2.45, 2.75) is 0 Å². The van der Waals surface area contributed by atoms with Crippen LogP contribution in [0.5, 0.6) is 0 Å². The summed E-state index contributed by atoms with van der Waals surface area (Å²) in [6, 6.07) is 7.21. The molecule has 19 heavy (non-hydrogen) atoms. The maximum Gasteiger partial charge on any atom is 0.354 e. The van der Waals surface area contributed by atoms with Crippen LogP contribution in [0.25, 0.3) is 0 Å². The summed E-state index contributed by atoms with van der Waals surface area (Å²) in [7, 11) is 0. The number of nitrogens with one attached hydrogen (secondary N) is 1. The van der Waals surface area contributed by atoms with Crippen molar-refractivity contribution in [1.29, 1.82) is 0 Å². The lowest BCUT2D eigenvalue weighted by molar-refractivity contribution is 0.0690. The number of carboxylic acid groups (broad SMARTS) is 1. The number of amides is 1. The molecule has 0 spiro atoms. The monoisotopic (exact) mass is 277 g/mol. The number of hydrogen-bond acceptors (Lipinski definition) is 4. The third kappa shape index (κ3) is 3.26. The molecule has 0 saturated heterocycles. The minimum Gasteiger partial charge on any atom is -0.477 e. The van der Waals surface area contributed by atoms with Gasteiger partial charge in [-0.3, -0.25) is 4.79 Å². The molecule has 6 nitrogen and oxygen atoms in total. The normalized spacial score (nSPS) is 9.95. The van der Waals surface area contributed by atoms with Gasteiger partial charge >= 0.3 is 5.97 Å². The largest absolute Gasteiger partial charge is 0.477 e. The van der Waals surface area contributed by atoms with E-state index in [1.807, 2.05) is 0 Å². The Kier molecular flexibility index (Phi) is 3.72. The standard InChI is InChI=1S/C12H8ClN3O3/c13-9-6-7(4-5-14-9)11(17)16-10-3-1-2-8(15-10)12(18)19/h1-6H,(H,18,19)(H,15,16,17). The van der Waals surface area contributed by atoms with Crippen LogP contribution in [0.4, 0.5) is 5.82 Å². The van der Waals surface area contributed by atoms with Crippen LogP contribution in [0.15, 0.2) is 36.5 Å². The van der Waals surface area contributed by atoms with Crippen LogP contribution in [-0.2, 0) is 0 Å². The topological polar surface area (TPSA) is 92.2 Å². The Hall–Kier alpha value is -2.47. The fourth-order valence-corrected chi connectivity index (χ4v) is 1.53. The predicted molar refractivity (Wildman–Crippen MR) is 68.4 cm³/mol. The van der Waals surface area contributed by atoms with Gasteiger partial charge in [0.05, 0.1) is 0 Å². The van der Waals surface area contributed by atoms with Gasteiger partial charge < -0.3 is 10.4 Å². The first-order valence-corrected chi connectivity index (χ1v) is 5.57. The number of carbonyl (C=O) groups is 2. The molecule has 0 aliphatic rings. The zero-order chi connectivity index (χ0) is 13.8. The molecule has 0 aliphatic heterocycles. The van der Waals surface area contributed by atoms with Gasteiger partial charge in [-0.25, -0.2) is 14.8 Å². The Bertz CT molecular complexity index is 646. The summed E-state index contributed by atoms with van der Waals surface area (Å²) >= 11 is 5.67. The maximum absolute atomic E-state index is 11.9. The molecule has 0 saturated carbocycles. The Morgan fingerprint density at radius 3 is 2.74 bits per heavy atom. The van der Waals surface area contributed by atoms with Gasteiger partial charge in [-0.05, 0) is 24.3 Å². The highest BCUT2D eigenvalue weighted by Gasteiger charge is 2.10. The van der Waals surface area contributed by atoms with Gasteiger partial charge in [0.1, 0.15) is 11.0 Å². The molecular formula is C12H8ClN3O3. The molecular weight excluding hydrogens is 270 g/mol. The van der Waals surface area contributed by atoms with Gasteiger partial charge in [-0.1, -0.05) is 17.7 Å². The number of carboxylic acids is 1. The van der Waals surface area contributed by atoms with Crippen LogP contribution in [0, 0.1) is 0 Å². The van der Waals surface area contributed by atoms with Crippen molar-refractivity contribution in [1.82, 2.24) is 9.97 Å². The summed E-state index contributed by atoms with van der Waals surface area (Å²) in [5.74, 6) is -1.46. The maximum atomic E-state index is 11.9. The number of anilines is 1. The van der Waals surface area contributed by atoms with E-state index in [-0.39, 0.29) is 16.7 Å². The summed E-state index contributed by atoms with van der Waals surface area (Å²) in [6.07, 6.45) is 1.40. The molecule has 0 fully saturated rings. The van der Waals surface area contributed by atoms with Crippen LogP contribution in [-0.4, -0.2) is 27.0 Å². The summed E-state index contributed by atoms with van der Waals surface area (Å²) in [5, 5.41) is 11.5. The first kappa shape index (κ1) is 13.0. The average Bonchev–Trinajstić information content (AvgIpc) is 2.39. The number of halogens is 1. The Balaban J connectivity index is 2.19. The number of hydrogen-bond donors (Lipinski definition) is 2. The molecule has 2 rings (SSSR count). The quantitative estimate of drug-likeness (QED) is 0.838. The smallest absolute Gasteiger partial charge is 0.354 e. The Morgan fingerprint density at radius 2 is 2.05 bits per heavy atom. The van der Waals surface area contributed by atoms with Gasteiger partial charge in [0.25, 0.3) is 5.91 Å². The van der Waals surface area contributed by atoms with Crippen molar-refractivity contribution in [2.75, 3.05) is 5.32 Å². The molecule has 96 valence electrons. The first-order valence-electron chi connectivity index (χ1n) is 5.19. The van der Waals surface area contributed by atoms with Crippen LogP contribution in [0.2, 0.25) is 5.15 Å². The summed E-state index contributed by atoms with van der Waals surface area (Å²) in [4.78, 5) is 30.2. The van der Waals surface area contributed by atoms with Crippen LogP contribution < -0.4 is 5.32 Å². The number of nitrogens with zero attached hydrogens (tertiary/aromatic N) is 2. The van der Waals surface area contributed by atoms with Crippen molar-refractivity contribution < 1.29 is 14.7 Å². The van der Waals surface area contributed by atoms with Crippen molar-refractivity contribution in [3.05, 3.63) is 52.9 Å². The predicted octanol–water partition coefficient (Wildman–Crippen LogP) is 2.08. The SMILES string of the molecule is O=C(Nc1cccc(C(=O)O)n1)c1ccnc(Cl)c1. The summed E-state index contributed by atoms with van der Waals surface area (Å²) in [5.41, 5.74) is 0.160. The van der Waals surface area contributed by atoms with Crippen molar-refractivity contribution in [3.8, 4) is 0 Å². The lowest BCUT2D eigenvalue weighted by Crippen LogP contribution is -2.14. The van der Waals surface area contributed by atoms with Gasteiger partial charge in [-0.2, -0.15) is 0 Å². The molecule has 0 aromatic carbocycles. The molecule has 0 bridgehead atoms. The number of pyridine rings is 2. The van der Waals surface area contributed by atoms with E-state index in [0.717, 1.165) is 0 Å². The highest BCUT2D eigenvalue weighted by molar-refractivity contribution is 6.29. The molecule has 0 aliphatic carbocycles. The van der Waals surface area contributed by atoms with Gasteiger partial charge in [0.2, 0.25) is 0 Å². The lowest BCUT2D eigenvalue weighted by atomic mass is 10.2. The van der Waals surface area contributed by atoms with E-state index in [4.69, 9.17) is 16.7 Å².